The van der Waals surface area contributed by atoms with Gasteiger partial charge in [-0.15, -0.1) is 0 Å². The first-order valence-electron chi connectivity index (χ1n) is 14.6. The Balaban J connectivity index is 2.11. The second kappa shape index (κ2) is 15.4. The molecule has 0 aliphatic rings. The van der Waals surface area contributed by atoms with E-state index in [4.69, 9.17) is 16.3 Å². The quantitative estimate of drug-likeness (QED) is 0.222. The van der Waals surface area contributed by atoms with Crippen molar-refractivity contribution < 1.29 is 19.1 Å². The number of unbranched alkanes of at least 4 members (excludes halogenated alkanes) is 1. The number of aryl methyl sites for hydroxylation is 1. The average Bonchev–Trinajstić information content (AvgIpc) is 2.96. The SMILES string of the molecule is C=Cc1cccc(C(C(=O)Nc2c(C)cccc2Cl)N(CCCC)C(=O)C(Cc2ccccc2)NC(=O)OC(C)(C)C)c1. The first-order valence-corrected chi connectivity index (χ1v) is 14.9. The molecule has 3 amide bonds. The van der Waals surface area contributed by atoms with Crippen LogP contribution in [0.4, 0.5) is 10.5 Å². The molecule has 3 aromatic rings. The van der Waals surface area contributed by atoms with E-state index in [0.717, 1.165) is 23.1 Å². The highest BCUT2D eigenvalue weighted by Crippen LogP contribution is 2.30. The van der Waals surface area contributed by atoms with Crippen molar-refractivity contribution >= 4 is 41.3 Å². The van der Waals surface area contributed by atoms with Crippen LogP contribution in [0.3, 0.4) is 0 Å². The number of carbonyl (C=O) groups is 3. The third-order valence-corrected chi connectivity index (χ3v) is 7.11. The summed E-state index contributed by atoms with van der Waals surface area (Å²) in [4.78, 5) is 43.3. The Morgan fingerprint density at radius 2 is 1.72 bits per heavy atom. The average molecular weight is 604 g/mol. The molecule has 0 fully saturated rings. The van der Waals surface area contributed by atoms with Gasteiger partial charge in [-0.05, 0) is 68.5 Å². The van der Waals surface area contributed by atoms with Gasteiger partial charge >= 0.3 is 6.09 Å². The number of nitrogens with zero attached hydrogens (tertiary/aromatic N) is 1. The first-order chi connectivity index (χ1) is 20.4. The number of para-hydroxylation sites is 1. The molecule has 0 aliphatic carbocycles. The fourth-order valence-corrected chi connectivity index (χ4v) is 4.97. The van der Waals surface area contributed by atoms with Crippen LogP contribution in [0.1, 0.15) is 68.8 Å². The van der Waals surface area contributed by atoms with E-state index in [9.17, 15) is 14.4 Å². The number of alkyl carbamates (subject to hydrolysis) is 1. The normalized spacial score (nSPS) is 12.5. The summed E-state index contributed by atoms with van der Waals surface area (Å²) in [6.07, 6.45) is 2.63. The van der Waals surface area contributed by atoms with E-state index in [0.29, 0.717) is 22.7 Å². The molecule has 43 heavy (non-hydrogen) atoms. The van der Waals surface area contributed by atoms with Gasteiger partial charge in [-0.1, -0.05) is 98.3 Å². The van der Waals surface area contributed by atoms with Crippen LogP contribution in [0.2, 0.25) is 5.02 Å². The number of rotatable bonds is 12. The molecule has 2 atom stereocenters. The van der Waals surface area contributed by atoms with Crippen LogP contribution in [-0.2, 0) is 20.7 Å². The summed E-state index contributed by atoms with van der Waals surface area (Å²) in [5.41, 5.74) is 2.79. The fourth-order valence-electron chi connectivity index (χ4n) is 4.71. The molecule has 0 aliphatic heterocycles. The molecule has 2 N–H and O–H groups in total. The maximum atomic E-state index is 14.5. The second-order valence-corrected chi connectivity index (χ2v) is 11.9. The highest BCUT2D eigenvalue weighted by molar-refractivity contribution is 6.34. The molecule has 7 nitrogen and oxygen atoms in total. The van der Waals surface area contributed by atoms with Gasteiger partial charge in [0.2, 0.25) is 5.91 Å². The summed E-state index contributed by atoms with van der Waals surface area (Å²) in [7, 11) is 0. The fraction of sp³-hybridized carbons (Fsp3) is 0.343. The predicted molar refractivity (Wildman–Crippen MR) is 174 cm³/mol. The van der Waals surface area contributed by atoms with E-state index >= 15 is 0 Å². The van der Waals surface area contributed by atoms with Gasteiger partial charge in [-0.25, -0.2) is 4.79 Å². The zero-order valence-corrected chi connectivity index (χ0v) is 26.4. The molecule has 3 rings (SSSR count). The molecule has 0 aromatic heterocycles. The summed E-state index contributed by atoms with van der Waals surface area (Å²) in [6, 6.07) is 20.2. The number of benzene rings is 3. The van der Waals surface area contributed by atoms with Crippen LogP contribution in [0.15, 0.2) is 79.4 Å². The standard InChI is InChI=1S/C35H42ClN3O4/c1-7-9-21-39(33(41)29(23-26-16-11-10-12-17-26)37-34(42)43-35(4,5)6)31(27-19-14-18-25(8-2)22-27)32(40)38-30-24(3)15-13-20-28(30)36/h8,10-20,22,29,31H,2,7,9,21,23H2,1,3-6H3,(H,37,42)(H,38,40). The topological polar surface area (TPSA) is 87.7 Å². The lowest BCUT2D eigenvalue weighted by molar-refractivity contribution is -0.140. The van der Waals surface area contributed by atoms with Crippen LogP contribution < -0.4 is 10.6 Å². The minimum Gasteiger partial charge on any atom is -0.444 e. The van der Waals surface area contributed by atoms with Crippen molar-refractivity contribution in [1.82, 2.24) is 10.2 Å². The number of anilines is 1. The molecule has 0 saturated heterocycles. The van der Waals surface area contributed by atoms with Crippen molar-refractivity contribution in [2.75, 3.05) is 11.9 Å². The van der Waals surface area contributed by atoms with E-state index in [1.165, 1.54) is 0 Å². The molecule has 0 saturated carbocycles. The van der Waals surface area contributed by atoms with Gasteiger partial charge in [0.1, 0.15) is 17.7 Å². The highest BCUT2D eigenvalue weighted by atomic mass is 35.5. The number of hydrogen-bond donors (Lipinski definition) is 2. The van der Waals surface area contributed by atoms with Crippen molar-refractivity contribution in [3.8, 4) is 0 Å². The predicted octanol–water partition coefficient (Wildman–Crippen LogP) is 7.74. The Kier molecular flexibility index (Phi) is 12.0. The number of halogens is 1. The van der Waals surface area contributed by atoms with Gasteiger partial charge in [-0.3, -0.25) is 9.59 Å². The summed E-state index contributed by atoms with van der Waals surface area (Å²) in [6.45, 7) is 13.3. The number of amides is 3. The number of ether oxygens (including phenoxy) is 1. The molecule has 0 bridgehead atoms. The molecule has 0 radical (unpaired) electrons. The van der Waals surface area contributed by atoms with Gasteiger partial charge in [0.15, 0.2) is 0 Å². The molecule has 3 aromatic carbocycles. The summed E-state index contributed by atoms with van der Waals surface area (Å²) in [5, 5.41) is 6.17. The lowest BCUT2D eigenvalue weighted by atomic mass is 9.98. The molecule has 2 unspecified atom stereocenters. The van der Waals surface area contributed by atoms with E-state index in [2.05, 4.69) is 17.2 Å². The van der Waals surface area contributed by atoms with E-state index in [1.54, 1.807) is 37.8 Å². The molecule has 228 valence electrons. The van der Waals surface area contributed by atoms with Crippen molar-refractivity contribution in [1.29, 1.82) is 0 Å². The van der Waals surface area contributed by atoms with Crippen molar-refractivity contribution in [3.05, 3.63) is 107 Å². The van der Waals surface area contributed by atoms with Gasteiger partial charge in [0.25, 0.3) is 5.91 Å². The van der Waals surface area contributed by atoms with Crippen LogP contribution in [-0.4, -0.2) is 41.0 Å². The molecule has 0 spiro atoms. The number of carbonyl (C=O) groups excluding carboxylic acids is 3. The molecule has 0 heterocycles. The third-order valence-electron chi connectivity index (χ3n) is 6.80. The van der Waals surface area contributed by atoms with Crippen LogP contribution in [0, 0.1) is 6.92 Å². The third kappa shape index (κ3) is 9.72. The molecular weight excluding hydrogens is 562 g/mol. The van der Waals surface area contributed by atoms with Crippen LogP contribution >= 0.6 is 11.6 Å². The van der Waals surface area contributed by atoms with Gasteiger partial charge in [-0.2, -0.15) is 0 Å². The van der Waals surface area contributed by atoms with E-state index in [-0.39, 0.29) is 13.0 Å². The Hall–Kier alpha value is -4.10. The van der Waals surface area contributed by atoms with Gasteiger partial charge < -0.3 is 20.3 Å². The lowest BCUT2D eigenvalue weighted by Gasteiger charge is -2.35. The Labute approximate surface area is 260 Å². The minimum absolute atomic E-state index is 0.214. The smallest absolute Gasteiger partial charge is 0.408 e. The molecular formula is C35H42ClN3O4. The summed E-state index contributed by atoms with van der Waals surface area (Å²) >= 11 is 6.48. The van der Waals surface area contributed by atoms with Crippen LogP contribution in [0.25, 0.3) is 6.08 Å². The number of hydrogen-bond acceptors (Lipinski definition) is 4. The zero-order chi connectivity index (χ0) is 31.6. The summed E-state index contributed by atoms with van der Waals surface area (Å²) in [5.74, 6) is -0.819. The van der Waals surface area contributed by atoms with Gasteiger partial charge in [0, 0.05) is 13.0 Å². The van der Waals surface area contributed by atoms with Crippen molar-refractivity contribution in [2.45, 2.75) is 71.6 Å². The lowest BCUT2D eigenvalue weighted by Crippen LogP contribution is -2.53. The largest absolute Gasteiger partial charge is 0.444 e. The van der Waals surface area contributed by atoms with Crippen LogP contribution in [0.5, 0.6) is 0 Å². The zero-order valence-electron chi connectivity index (χ0n) is 25.7. The highest BCUT2D eigenvalue weighted by Gasteiger charge is 2.36. The van der Waals surface area contributed by atoms with Gasteiger partial charge in [0.05, 0.1) is 10.7 Å². The van der Waals surface area contributed by atoms with E-state index < -0.39 is 35.6 Å². The Morgan fingerprint density at radius 3 is 2.35 bits per heavy atom. The van der Waals surface area contributed by atoms with Crippen molar-refractivity contribution in [2.24, 2.45) is 0 Å². The first kappa shape index (κ1) is 33.4. The Bertz CT molecular complexity index is 1400. The monoisotopic (exact) mass is 603 g/mol. The Morgan fingerprint density at radius 1 is 1.02 bits per heavy atom. The molecule has 8 heteroatoms. The second-order valence-electron chi connectivity index (χ2n) is 11.5. The summed E-state index contributed by atoms with van der Waals surface area (Å²) < 4.78 is 5.52. The van der Waals surface area contributed by atoms with Crippen molar-refractivity contribution in [3.63, 3.8) is 0 Å². The minimum atomic E-state index is -1.02. The number of nitrogens with one attached hydrogen (secondary N) is 2. The maximum Gasteiger partial charge on any atom is 0.408 e. The maximum absolute atomic E-state index is 14.5. The van der Waals surface area contributed by atoms with E-state index in [1.807, 2.05) is 80.6 Å².